The lowest BCUT2D eigenvalue weighted by molar-refractivity contribution is 0.0626. The van der Waals surface area contributed by atoms with Gasteiger partial charge in [0.15, 0.2) is 12.0 Å². The first-order chi connectivity index (χ1) is 9.12. The zero-order valence-electron chi connectivity index (χ0n) is 10.5. The molecule has 1 aliphatic carbocycles. The fourth-order valence-corrected chi connectivity index (χ4v) is 3.02. The molecular weight excluding hydrogens is 270 g/mol. The molecule has 1 fully saturated rings. The minimum Gasteiger partial charge on any atom is -0.440 e. The molecule has 0 amide bonds. The molecule has 106 valence electrons. The molecule has 0 bridgehead atoms. The van der Waals surface area contributed by atoms with Gasteiger partial charge in [0.1, 0.15) is 0 Å². The van der Waals surface area contributed by atoms with E-state index in [2.05, 4.69) is 4.72 Å². The van der Waals surface area contributed by atoms with Crippen molar-refractivity contribution in [3.05, 3.63) is 17.9 Å². The van der Waals surface area contributed by atoms with Gasteiger partial charge in [-0.15, -0.1) is 0 Å². The molecule has 2 rings (SSSR count). The highest BCUT2D eigenvalue weighted by atomic mass is 32.2. The van der Waals surface area contributed by atoms with Gasteiger partial charge >= 0.3 is 0 Å². The number of hydrogen-bond acceptors (Lipinski definition) is 5. The zero-order valence-corrected chi connectivity index (χ0v) is 11.3. The van der Waals surface area contributed by atoms with Crippen LogP contribution in [0.5, 0.6) is 0 Å². The largest absolute Gasteiger partial charge is 0.440 e. The third-order valence-corrected chi connectivity index (χ3v) is 4.37. The average molecular weight is 287 g/mol. The van der Waals surface area contributed by atoms with Gasteiger partial charge in [-0.1, -0.05) is 12.8 Å². The maximum absolute atomic E-state index is 11.8. The molecule has 0 aromatic carbocycles. The minimum absolute atomic E-state index is 0.0115. The van der Waals surface area contributed by atoms with Crippen molar-refractivity contribution in [3.63, 3.8) is 0 Å². The molecule has 1 N–H and O–H groups in total. The highest BCUT2D eigenvalue weighted by molar-refractivity contribution is 7.89. The van der Waals surface area contributed by atoms with Crippen molar-refractivity contribution in [1.29, 1.82) is 0 Å². The second-order valence-electron chi connectivity index (χ2n) is 4.45. The summed E-state index contributed by atoms with van der Waals surface area (Å²) in [6.07, 6.45) is 5.17. The molecule has 1 aromatic heterocycles. The van der Waals surface area contributed by atoms with Gasteiger partial charge in [-0.25, -0.2) is 13.1 Å². The fourth-order valence-electron chi connectivity index (χ4n) is 2.07. The predicted molar refractivity (Wildman–Crippen MR) is 67.5 cm³/mol. The van der Waals surface area contributed by atoms with Crippen LogP contribution in [0.15, 0.2) is 21.6 Å². The second-order valence-corrected chi connectivity index (χ2v) is 6.15. The van der Waals surface area contributed by atoms with Crippen molar-refractivity contribution in [1.82, 2.24) is 4.72 Å². The normalized spacial score (nSPS) is 16.8. The summed E-state index contributed by atoms with van der Waals surface area (Å²) >= 11 is 0. The van der Waals surface area contributed by atoms with Crippen LogP contribution in [0.3, 0.4) is 0 Å². The summed E-state index contributed by atoms with van der Waals surface area (Å²) in [7, 11) is -3.70. The first kappa shape index (κ1) is 14.2. The third kappa shape index (κ3) is 3.89. The van der Waals surface area contributed by atoms with E-state index in [4.69, 9.17) is 9.15 Å². The summed E-state index contributed by atoms with van der Waals surface area (Å²) in [6.45, 7) is 0.529. The van der Waals surface area contributed by atoms with Crippen LogP contribution in [-0.2, 0) is 14.8 Å². The van der Waals surface area contributed by atoms with Crippen LogP contribution in [0.2, 0.25) is 0 Å². The van der Waals surface area contributed by atoms with E-state index in [0.29, 0.717) is 12.9 Å². The highest BCUT2D eigenvalue weighted by Crippen LogP contribution is 2.20. The van der Waals surface area contributed by atoms with Crippen molar-refractivity contribution >= 4 is 16.3 Å². The Bertz CT molecular complexity index is 516. The lowest BCUT2D eigenvalue weighted by Gasteiger charge is -2.11. The van der Waals surface area contributed by atoms with Gasteiger partial charge < -0.3 is 9.15 Å². The lowest BCUT2D eigenvalue weighted by Crippen LogP contribution is -2.28. The lowest BCUT2D eigenvalue weighted by atomic mass is 10.3. The van der Waals surface area contributed by atoms with Crippen LogP contribution in [0.1, 0.15) is 36.2 Å². The molecule has 1 aliphatic rings. The molecule has 0 aliphatic heterocycles. The Balaban J connectivity index is 1.78. The van der Waals surface area contributed by atoms with E-state index in [1.54, 1.807) is 0 Å². The Kier molecular flexibility index (Phi) is 4.73. The number of hydrogen-bond donors (Lipinski definition) is 1. The van der Waals surface area contributed by atoms with E-state index in [1.807, 2.05) is 0 Å². The van der Waals surface area contributed by atoms with Crippen LogP contribution in [0.25, 0.3) is 0 Å². The Hall–Kier alpha value is -1.18. The number of nitrogens with one attached hydrogen (secondary N) is 1. The number of carbonyl (C=O) groups excluding carboxylic acids is 1. The topological polar surface area (TPSA) is 85.6 Å². The molecule has 0 spiro atoms. The van der Waals surface area contributed by atoms with Crippen molar-refractivity contribution in [2.24, 2.45) is 0 Å². The summed E-state index contributed by atoms with van der Waals surface area (Å²) in [5.74, 6) is -0.0115. The quantitative estimate of drug-likeness (QED) is 0.604. The van der Waals surface area contributed by atoms with Gasteiger partial charge in [0, 0.05) is 6.54 Å². The third-order valence-electron chi connectivity index (χ3n) is 3.03. The van der Waals surface area contributed by atoms with Gasteiger partial charge in [-0.3, -0.25) is 4.79 Å². The van der Waals surface area contributed by atoms with Gasteiger partial charge in [-0.2, -0.15) is 0 Å². The molecule has 0 saturated heterocycles. The van der Waals surface area contributed by atoms with Crippen LogP contribution in [0.4, 0.5) is 0 Å². The van der Waals surface area contributed by atoms with Crippen molar-refractivity contribution in [2.75, 3.05) is 13.2 Å². The molecule has 1 aromatic rings. The van der Waals surface area contributed by atoms with Crippen LogP contribution < -0.4 is 4.72 Å². The van der Waals surface area contributed by atoms with Crippen LogP contribution >= 0.6 is 0 Å². The first-order valence-corrected chi connectivity index (χ1v) is 7.76. The second kappa shape index (κ2) is 6.31. The summed E-state index contributed by atoms with van der Waals surface area (Å²) in [5.41, 5.74) is 0. The number of aldehydes is 1. The fraction of sp³-hybridized carbons (Fsp3) is 0.583. The SMILES string of the molecule is O=Cc1ccc(S(=O)(=O)NCCOC2CCCC2)o1. The summed E-state index contributed by atoms with van der Waals surface area (Å²) in [5, 5.41) is -0.254. The minimum atomic E-state index is -3.70. The number of rotatable bonds is 7. The monoisotopic (exact) mass is 287 g/mol. The van der Waals surface area contributed by atoms with Gasteiger partial charge in [0.2, 0.25) is 5.09 Å². The van der Waals surface area contributed by atoms with Crippen LogP contribution in [0, 0.1) is 0 Å². The maximum atomic E-state index is 11.8. The molecule has 1 heterocycles. The Labute approximate surface area is 112 Å². The number of furan rings is 1. The summed E-state index contributed by atoms with van der Waals surface area (Å²) in [6, 6.07) is 2.57. The van der Waals surface area contributed by atoms with E-state index < -0.39 is 10.0 Å². The molecule has 7 heteroatoms. The molecule has 6 nitrogen and oxygen atoms in total. The Morgan fingerprint density at radius 3 is 2.74 bits per heavy atom. The van der Waals surface area contributed by atoms with Crippen molar-refractivity contribution in [3.8, 4) is 0 Å². The Morgan fingerprint density at radius 2 is 2.11 bits per heavy atom. The van der Waals surface area contributed by atoms with E-state index in [9.17, 15) is 13.2 Å². The molecule has 0 unspecified atom stereocenters. The first-order valence-electron chi connectivity index (χ1n) is 6.28. The van der Waals surface area contributed by atoms with Gasteiger partial charge in [0.25, 0.3) is 10.0 Å². The summed E-state index contributed by atoms with van der Waals surface area (Å²) < 4.78 is 36.4. The number of sulfonamides is 1. The van der Waals surface area contributed by atoms with Crippen LogP contribution in [-0.4, -0.2) is 34.0 Å². The van der Waals surface area contributed by atoms with E-state index in [1.165, 1.54) is 25.0 Å². The predicted octanol–water partition coefficient (Wildman–Crippen LogP) is 1.33. The maximum Gasteiger partial charge on any atom is 0.274 e. The molecule has 0 radical (unpaired) electrons. The molecular formula is C12H17NO5S. The summed E-state index contributed by atoms with van der Waals surface area (Å²) in [4.78, 5) is 10.4. The van der Waals surface area contributed by atoms with Gasteiger partial charge in [0.05, 0.1) is 12.7 Å². The van der Waals surface area contributed by atoms with E-state index in [0.717, 1.165) is 12.8 Å². The number of ether oxygens (including phenoxy) is 1. The zero-order chi connectivity index (χ0) is 13.7. The molecule has 0 atom stereocenters. The standard InChI is InChI=1S/C12H17NO5S/c14-9-11-5-6-12(18-11)19(15,16)13-7-8-17-10-3-1-2-4-10/h5-6,9-10,13H,1-4,7-8H2. The van der Waals surface area contributed by atoms with E-state index in [-0.39, 0.29) is 23.5 Å². The van der Waals surface area contributed by atoms with E-state index >= 15 is 0 Å². The highest BCUT2D eigenvalue weighted by Gasteiger charge is 2.19. The van der Waals surface area contributed by atoms with Crippen molar-refractivity contribution in [2.45, 2.75) is 36.9 Å². The van der Waals surface area contributed by atoms with Gasteiger partial charge in [-0.05, 0) is 25.0 Å². The smallest absolute Gasteiger partial charge is 0.274 e. The molecule has 19 heavy (non-hydrogen) atoms. The van der Waals surface area contributed by atoms with Crippen molar-refractivity contribution < 1.29 is 22.4 Å². The number of carbonyl (C=O) groups is 1. The average Bonchev–Trinajstić information content (AvgIpc) is 3.05. The molecule has 1 saturated carbocycles. The Morgan fingerprint density at radius 1 is 1.37 bits per heavy atom.